The van der Waals surface area contributed by atoms with Gasteiger partial charge in [0, 0.05) is 13.0 Å². The van der Waals surface area contributed by atoms with E-state index >= 15 is 0 Å². The molecule has 0 aliphatic carbocycles. The molecule has 0 aromatic heterocycles. The molecule has 0 spiro atoms. The number of unbranched alkanes of at least 4 members (excludes halogenated alkanes) is 22. The highest BCUT2D eigenvalue weighted by molar-refractivity contribution is 4.60. The Kier molecular flexibility index (Phi) is 35.2. The first-order chi connectivity index (χ1) is 19.5. The standard InChI is InChI=1S/C36H77N2O2.BrH/c1-6-8-10-12-14-16-18-20-22-24-26-28-33-39-35(3)36(38(4,5)32-30-31-37)40-34-29-27-25-23-21-19-17-15-13-11-9-7-2;/h35-36H,6-34,37H2,1-5H3;1H/q+1;/p-1. The Morgan fingerprint density at radius 2 is 0.805 bits per heavy atom. The molecular weight excluding hydrogens is 572 g/mol. The minimum atomic E-state index is 0. The number of quaternary nitrogens is 1. The summed E-state index contributed by atoms with van der Waals surface area (Å²) in [5, 5.41) is 0. The van der Waals surface area contributed by atoms with Crippen LogP contribution in [0.1, 0.15) is 181 Å². The number of likely N-dealkylation sites (N-methyl/N-ethyl adjacent to an activating group) is 1. The van der Waals surface area contributed by atoms with E-state index in [1.807, 2.05) is 0 Å². The van der Waals surface area contributed by atoms with Crippen molar-refractivity contribution in [2.45, 2.75) is 194 Å². The largest absolute Gasteiger partial charge is 1.00 e. The Hall–Kier alpha value is 0.320. The molecule has 0 aliphatic rings. The monoisotopic (exact) mass is 649 g/mol. The highest BCUT2D eigenvalue weighted by Gasteiger charge is 2.34. The van der Waals surface area contributed by atoms with Gasteiger partial charge in [-0.1, -0.05) is 155 Å². The molecule has 0 aromatic carbocycles. The maximum Gasteiger partial charge on any atom is 0.219 e. The lowest BCUT2D eigenvalue weighted by Crippen LogP contribution is -3.00. The average molecular weight is 650 g/mol. The van der Waals surface area contributed by atoms with Gasteiger partial charge in [-0.3, -0.25) is 0 Å². The molecular formula is C36H77BrN2O2. The Balaban J connectivity index is 0. The topological polar surface area (TPSA) is 44.5 Å². The van der Waals surface area contributed by atoms with Gasteiger partial charge in [0.2, 0.25) is 6.23 Å². The van der Waals surface area contributed by atoms with E-state index in [2.05, 4.69) is 34.9 Å². The summed E-state index contributed by atoms with van der Waals surface area (Å²) in [6.45, 7) is 10.3. The summed E-state index contributed by atoms with van der Waals surface area (Å²) >= 11 is 0. The molecule has 2 N–H and O–H groups in total. The Bertz CT molecular complexity index is 492. The van der Waals surface area contributed by atoms with Crippen LogP contribution in [0.25, 0.3) is 0 Å². The van der Waals surface area contributed by atoms with Gasteiger partial charge < -0.3 is 36.7 Å². The molecule has 0 aliphatic heterocycles. The highest BCUT2D eigenvalue weighted by Crippen LogP contribution is 2.19. The quantitative estimate of drug-likeness (QED) is 0.0454. The van der Waals surface area contributed by atoms with Crippen LogP contribution in [0.5, 0.6) is 0 Å². The van der Waals surface area contributed by atoms with Crippen molar-refractivity contribution in [1.29, 1.82) is 0 Å². The molecule has 0 rings (SSSR count). The zero-order valence-electron chi connectivity index (χ0n) is 28.9. The van der Waals surface area contributed by atoms with Crippen molar-refractivity contribution < 1.29 is 30.9 Å². The summed E-state index contributed by atoms with van der Waals surface area (Å²) in [6.07, 6.45) is 34.3. The number of rotatable bonds is 33. The first-order valence-corrected chi connectivity index (χ1v) is 18.3. The smallest absolute Gasteiger partial charge is 0.219 e. The number of nitrogens with zero attached hydrogens (tertiary/aromatic N) is 1. The predicted molar refractivity (Wildman–Crippen MR) is 178 cm³/mol. The van der Waals surface area contributed by atoms with Gasteiger partial charge in [0.05, 0.1) is 27.2 Å². The summed E-state index contributed by atoms with van der Waals surface area (Å²) < 4.78 is 13.7. The van der Waals surface area contributed by atoms with Crippen LogP contribution in [0.3, 0.4) is 0 Å². The molecule has 4 nitrogen and oxygen atoms in total. The van der Waals surface area contributed by atoms with Gasteiger partial charge in [-0.2, -0.15) is 0 Å². The van der Waals surface area contributed by atoms with Crippen LogP contribution in [0, 0.1) is 0 Å². The van der Waals surface area contributed by atoms with E-state index < -0.39 is 0 Å². The zero-order valence-corrected chi connectivity index (χ0v) is 30.5. The number of hydrogen-bond donors (Lipinski definition) is 1. The lowest BCUT2D eigenvalue weighted by Gasteiger charge is -2.40. The minimum Gasteiger partial charge on any atom is -1.00 e. The summed E-state index contributed by atoms with van der Waals surface area (Å²) in [4.78, 5) is 0. The van der Waals surface area contributed by atoms with Crippen molar-refractivity contribution in [1.82, 2.24) is 0 Å². The lowest BCUT2D eigenvalue weighted by molar-refractivity contribution is -0.941. The molecule has 0 heterocycles. The number of nitrogens with two attached hydrogens (primary N) is 1. The number of halogens is 1. The fourth-order valence-electron chi connectivity index (χ4n) is 5.97. The summed E-state index contributed by atoms with van der Waals surface area (Å²) in [5.41, 5.74) is 5.85. The van der Waals surface area contributed by atoms with E-state index in [0.29, 0.717) is 0 Å². The van der Waals surface area contributed by atoms with Gasteiger partial charge in [0.1, 0.15) is 6.10 Å². The second kappa shape index (κ2) is 33.2. The lowest BCUT2D eigenvalue weighted by atomic mass is 10.1. The second-order valence-corrected chi connectivity index (χ2v) is 13.3. The fraction of sp³-hybridized carbons (Fsp3) is 1.00. The predicted octanol–water partition coefficient (Wildman–Crippen LogP) is 7.57. The number of hydrogen-bond acceptors (Lipinski definition) is 3. The van der Waals surface area contributed by atoms with Crippen molar-refractivity contribution in [3.05, 3.63) is 0 Å². The Morgan fingerprint density at radius 1 is 0.488 bits per heavy atom. The van der Waals surface area contributed by atoms with Gasteiger partial charge in [-0.05, 0) is 26.3 Å². The van der Waals surface area contributed by atoms with Crippen molar-refractivity contribution >= 4 is 0 Å². The van der Waals surface area contributed by atoms with Gasteiger partial charge in [-0.15, -0.1) is 0 Å². The number of ether oxygens (including phenoxy) is 2. The third kappa shape index (κ3) is 28.8. The molecule has 0 amide bonds. The summed E-state index contributed by atoms with van der Waals surface area (Å²) in [7, 11) is 4.57. The maximum absolute atomic E-state index is 6.53. The van der Waals surface area contributed by atoms with Gasteiger partial charge in [-0.25, -0.2) is 0 Å². The van der Waals surface area contributed by atoms with Crippen LogP contribution in [-0.2, 0) is 9.47 Å². The molecule has 0 fully saturated rings. The van der Waals surface area contributed by atoms with E-state index in [9.17, 15) is 0 Å². The fourth-order valence-corrected chi connectivity index (χ4v) is 5.97. The molecule has 5 heteroatoms. The molecule has 2 atom stereocenters. The van der Waals surface area contributed by atoms with Crippen LogP contribution >= 0.6 is 0 Å². The van der Waals surface area contributed by atoms with Crippen LogP contribution in [0.15, 0.2) is 0 Å². The first-order valence-electron chi connectivity index (χ1n) is 18.3. The molecule has 0 saturated heterocycles. The Labute approximate surface area is 270 Å². The highest BCUT2D eigenvalue weighted by atomic mass is 79.9. The molecule has 41 heavy (non-hydrogen) atoms. The first kappa shape index (κ1) is 43.4. The van der Waals surface area contributed by atoms with Gasteiger partial charge in [0.15, 0.2) is 0 Å². The Morgan fingerprint density at radius 3 is 1.15 bits per heavy atom. The minimum absolute atomic E-state index is 0. The summed E-state index contributed by atoms with van der Waals surface area (Å²) in [5.74, 6) is 0. The average Bonchev–Trinajstić information content (AvgIpc) is 2.94. The van der Waals surface area contributed by atoms with Crippen LogP contribution < -0.4 is 22.7 Å². The SMILES string of the molecule is CCCCCCCCCCCCCCOC(C)C(OCCCCCCCCCCCCCC)[N+](C)(C)CCCN.[Br-]. The van der Waals surface area contributed by atoms with E-state index in [1.54, 1.807) is 0 Å². The summed E-state index contributed by atoms with van der Waals surface area (Å²) in [6, 6.07) is 0. The van der Waals surface area contributed by atoms with Crippen molar-refractivity contribution in [2.24, 2.45) is 5.73 Å². The van der Waals surface area contributed by atoms with Gasteiger partial charge >= 0.3 is 0 Å². The maximum atomic E-state index is 6.53. The molecule has 0 aromatic rings. The van der Waals surface area contributed by atoms with Crippen molar-refractivity contribution in [3.63, 3.8) is 0 Å². The molecule has 0 saturated carbocycles. The molecule has 0 bridgehead atoms. The third-order valence-corrected chi connectivity index (χ3v) is 8.69. The van der Waals surface area contributed by atoms with E-state index in [0.717, 1.165) is 43.6 Å². The molecule has 0 radical (unpaired) electrons. The van der Waals surface area contributed by atoms with Crippen LogP contribution in [0.2, 0.25) is 0 Å². The molecule has 2 unspecified atom stereocenters. The second-order valence-electron chi connectivity index (χ2n) is 13.3. The third-order valence-electron chi connectivity index (χ3n) is 8.69. The normalized spacial score (nSPS) is 13.3. The van der Waals surface area contributed by atoms with Crippen LogP contribution in [-0.4, -0.2) is 57.2 Å². The van der Waals surface area contributed by atoms with E-state index in [-0.39, 0.29) is 29.3 Å². The molecule has 250 valence electrons. The van der Waals surface area contributed by atoms with Gasteiger partial charge in [0.25, 0.3) is 0 Å². The van der Waals surface area contributed by atoms with Crippen molar-refractivity contribution in [2.75, 3.05) is 40.4 Å². The van der Waals surface area contributed by atoms with E-state index in [1.165, 1.54) is 148 Å². The zero-order chi connectivity index (χ0) is 29.6. The van der Waals surface area contributed by atoms with E-state index in [4.69, 9.17) is 15.2 Å². The van der Waals surface area contributed by atoms with Crippen LogP contribution in [0.4, 0.5) is 0 Å². The van der Waals surface area contributed by atoms with Crippen molar-refractivity contribution in [3.8, 4) is 0 Å².